The van der Waals surface area contributed by atoms with Crippen LogP contribution < -0.4 is 4.74 Å². The molecule has 0 heterocycles. The van der Waals surface area contributed by atoms with E-state index in [0.717, 1.165) is 35.4 Å². The Bertz CT molecular complexity index is 718. The Morgan fingerprint density at radius 3 is 2.48 bits per heavy atom. The Labute approximate surface area is 153 Å². The molecule has 0 saturated heterocycles. The monoisotopic (exact) mass is 355 g/mol. The SMILES string of the molecule is [B]C1=C(OCc2ccc(OC([B])(F)P)cc2)C(N=C(C)C)=C(C)CC1. The Hall–Kier alpha value is -1.54. The molecule has 7 heteroatoms. The molecule has 1 aromatic carbocycles. The number of benzene rings is 1. The summed E-state index contributed by atoms with van der Waals surface area (Å²) in [6, 6.07) is 6.85. The molecular formula is C18H21B2FNO2P. The summed E-state index contributed by atoms with van der Waals surface area (Å²) in [6.07, 6.45) is 1.65. The van der Waals surface area contributed by atoms with Crippen LogP contribution in [0.5, 0.6) is 5.75 Å². The molecule has 0 aromatic heterocycles. The zero-order valence-corrected chi connectivity index (χ0v) is 16.0. The van der Waals surface area contributed by atoms with Crippen LogP contribution in [0.25, 0.3) is 0 Å². The molecule has 25 heavy (non-hydrogen) atoms. The molecule has 0 bridgehead atoms. The number of allylic oxidation sites excluding steroid dienone is 2. The van der Waals surface area contributed by atoms with Gasteiger partial charge in [-0.2, -0.15) is 0 Å². The predicted molar refractivity (Wildman–Crippen MR) is 105 cm³/mol. The largest absolute Gasteiger partial charge is 0.488 e. The molecule has 4 radical (unpaired) electrons. The molecule has 3 nitrogen and oxygen atoms in total. The first-order valence-electron chi connectivity index (χ1n) is 8.04. The highest BCUT2D eigenvalue weighted by Crippen LogP contribution is 2.31. The molecule has 1 aliphatic carbocycles. The molecule has 0 fully saturated rings. The van der Waals surface area contributed by atoms with Crippen molar-refractivity contribution in [1.82, 2.24) is 0 Å². The highest BCUT2D eigenvalue weighted by Gasteiger charge is 2.19. The van der Waals surface area contributed by atoms with Crippen LogP contribution in [0.3, 0.4) is 0 Å². The van der Waals surface area contributed by atoms with Gasteiger partial charge in [0.2, 0.25) is 5.50 Å². The molecule has 0 aliphatic heterocycles. The van der Waals surface area contributed by atoms with Gasteiger partial charge in [0.1, 0.15) is 31.7 Å². The summed E-state index contributed by atoms with van der Waals surface area (Å²) < 4.78 is 24.1. The fraction of sp³-hybridized carbons (Fsp3) is 0.389. The minimum absolute atomic E-state index is 0.329. The molecule has 0 spiro atoms. The maximum atomic E-state index is 13.2. The van der Waals surface area contributed by atoms with E-state index in [1.165, 1.54) is 0 Å². The lowest BCUT2D eigenvalue weighted by Crippen LogP contribution is -2.21. The summed E-state index contributed by atoms with van der Waals surface area (Å²) in [4.78, 5) is 4.57. The zero-order chi connectivity index (χ0) is 18.6. The molecule has 128 valence electrons. The van der Waals surface area contributed by atoms with Crippen molar-refractivity contribution >= 4 is 30.6 Å². The first-order chi connectivity index (χ1) is 11.7. The number of halogens is 1. The van der Waals surface area contributed by atoms with Gasteiger partial charge in [0.25, 0.3) is 0 Å². The second-order valence-corrected chi connectivity index (χ2v) is 7.06. The third-order valence-corrected chi connectivity index (χ3v) is 3.71. The summed E-state index contributed by atoms with van der Waals surface area (Å²) in [5.41, 5.74) is 2.25. The summed E-state index contributed by atoms with van der Waals surface area (Å²) in [5, 5.41) is 0. The van der Waals surface area contributed by atoms with Crippen molar-refractivity contribution in [1.29, 1.82) is 0 Å². The fourth-order valence-electron chi connectivity index (χ4n) is 2.42. The van der Waals surface area contributed by atoms with E-state index in [-0.39, 0.29) is 0 Å². The topological polar surface area (TPSA) is 30.8 Å². The minimum Gasteiger partial charge on any atom is -0.488 e. The molecule has 2 unspecified atom stereocenters. The normalized spacial score (nSPS) is 17.2. The number of alkyl halides is 1. The second-order valence-electron chi connectivity index (χ2n) is 6.27. The third kappa shape index (κ3) is 6.04. The van der Waals surface area contributed by atoms with Crippen LogP contribution in [0.15, 0.2) is 51.8 Å². The van der Waals surface area contributed by atoms with Crippen LogP contribution in [0.1, 0.15) is 39.2 Å². The third-order valence-electron chi connectivity index (χ3n) is 3.60. The van der Waals surface area contributed by atoms with Crippen LogP contribution in [-0.4, -0.2) is 26.9 Å². The number of rotatable bonds is 6. The van der Waals surface area contributed by atoms with Gasteiger partial charge in [-0.05, 0) is 56.9 Å². The summed E-state index contributed by atoms with van der Waals surface area (Å²) in [5.74, 6) is 0.975. The van der Waals surface area contributed by atoms with E-state index in [1.807, 2.05) is 20.8 Å². The van der Waals surface area contributed by atoms with Gasteiger partial charge >= 0.3 is 0 Å². The van der Waals surface area contributed by atoms with Gasteiger partial charge in [-0.15, -0.1) is 0 Å². The van der Waals surface area contributed by atoms with Crippen molar-refractivity contribution in [2.45, 2.75) is 45.7 Å². The minimum atomic E-state index is -2.29. The molecular weight excluding hydrogens is 334 g/mol. The van der Waals surface area contributed by atoms with Crippen LogP contribution >= 0.6 is 9.24 Å². The Kier molecular flexibility index (Phi) is 6.51. The quantitative estimate of drug-likeness (QED) is 0.437. The van der Waals surface area contributed by atoms with Gasteiger partial charge < -0.3 is 9.47 Å². The Morgan fingerprint density at radius 1 is 1.28 bits per heavy atom. The van der Waals surface area contributed by atoms with Crippen LogP contribution in [0, 0.1) is 0 Å². The maximum Gasteiger partial charge on any atom is 0.208 e. The zero-order valence-electron chi connectivity index (χ0n) is 14.8. The van der Waals surface area contributed by atoms with Gasteiger partial charge in [0, 0.05) is 5.71 Å². The molecule has 2 rings (SSSR count). The van der Waals surface area contributed by atoms with E-state index < -0.39 is 5.50 Å². The van der Waals surface area contributed by atoms with Crippen molar-refractivity contribution < 1.29 is 13.9 Å². The van der Waals surface area contributed by atoms with Crippen LogP contribution in [-0.2, 0) is 11.3 Å². The lowest BCUT2D eigenvalue weighted by atomic mass is 9.83. The number of ether oxygens (including phenoxy) is 2. The Balaban J connectivity index is 2.10. The van der Waals surface area contributed by atoms with Crippen molar-refractivity contribution in [3.63, 3.8) is 0 Å². The van der Waals surface area contributed by atoms with E-state index in [0.29, 0.717) is 23.6 Å². The lowest BCUT2D eigenvalue weighted by molar-refractivity contribution is 0.110. The number of nitrogens with zero attached hydrogens (tertiary/aromatic N) is 1. The molecule has 0 N–H and O–H groups in total. The standard InChI is InChI=1S/C18H21B2FNO2P/c1-11(2)22-16-12(3)4-9-15(19)17(16)23-10-13-5-7-14(8-6-13)24-18(20,21)25/h5-8H,4,9-10,25H2,1-3H3. The van der Waals surface area contributed by atoms with Crippen molar-refractivity contribution in [3.8, 4) is 5.75 Å². The lowest BCUT2D eigenvalue weighted by Gasteiger charge is -2.22. The highest BCUT2D eigenvalue weighted by atomic mass is 31.0. The first kappa shape index (κ1) is 19.8. The summed E-state index contributed by atoms with van der Waals surface area (Å²) in [6.45, 7) is 6.25. The van der Waals surface area contributed by atoms with E-state index in [9.17, 15) is 4.39 Å². The molecule has 1 aliphatic rings. The fourth-order valence-corrected chi connectivity index (χ4v) is 2.56. The number of hydrogen-bond acceptors (Lipinski definition) is 3. The summed E-state index contributed by atoms with van der Waals surface area (Å²) in [7, 11) is 13.1. The van der Waals surface area contributed by atoms with E-state index in [4.69, 9.17) is 25.2 Å². The molecule has 2 atom stereocenters. The first-order valence-corrected chi connectivity index (χ1v) is 8.61. The van der Waals surface area contributed by atoms with Crippen molar-refractivity contribution in [3.05, 3.63) is 52.3 Å². The second kappa shape index (κ2) is 8.23. The van der Waals surface area contributed by atoms with Gasteiger partial charge in [-0.25, -0.2) is 4.39 Å². The molecule has 0 amide bonds. The van der Waals surface area contributed by atoms with E-state index >= 15 is 0 Å². The number of aliphatic imine (C=N–C) groups is 1. The predicted octanol–water partition coefficient (Wildman–Crippen LogP) is 4.14. The van der Waals surface area contributed by atoms with Gasteiger partial charge in [0.15, 0.2) is 7.85 Å². The van der Waals surface area contributed by atoms with E-state index in [2.05, 4.69) is 4.99 Å². The average Bonchev–Trinajstić information content (AvgIpc) is 2.50. The Morgan fingerprint density at radius 2 is 1.92 bits per heavy atom. The van der Waals surface area contributed by atoms with Gasteiger partial charge in [0.05, 0.1) is 0 Å². The van der Waals surface area contributed by atoms with Crippen molar-refractivity contribution in [2.24, 2.45) is 4.99 Å². The van der Waals surface area contributed by atoms with Crippen molar-refractivity contribution in [2.75, 3.05) is 0 Å². The highest BCUT2D eigenvalue weighted by molar-refractivity contribution is 7.21. The van der Waals surface area contributed by atoms with Crippen LogP contribution in [0.2, 0.25) is 0 Å². The van der Waals surface area contributed by atoms with E-state index in [1.54, 1.807) is 33.5 Å². The molecule has 1 aromatic rings. The maximum absolute atomic E-state index is 13.2. The van der Waals surface area contributed by atoms with Crippen LogP contribution in [0.4, 0.5) is 4.39 Å². The average molecular weight is 355 g/mol. The smallest absolute Gasteiger partial charge is 0.208 e. The van der Waals surface area contributed by atoms with Gasteiger partial charge in [-0.1, -0.05) is 26.8 Å². The number of hydrogen-bond donors (Lipinski definition) is 0. The van der Waals surface area contributed by atoms with Gasteiger partial charge in [-0.3, -0.25) is 4.99 Å². The summed E-state index contributed by atoms with van der Waals surface area (Å²) >= 11 is 0. The molecule has 0 saturated carbocycles.